The number of hydrogen-bond acceptors (Lipinski definition) is 1. The lowest BCUT2D eigenvalue weighted by atomic mass is 9.81. The zero-order valence-electron chi connectivity index (χ0n) is 10.5. The molecule has 1 N–H and O–H groups in total. The van der Waals surface area contributed by atoms with E-state index in [1.165, 1.54) is 38.2 Å². The van der Waals surface area contributed by atoms with Crippen molar-refractivity contribution in [3.63, 3.8) is 0 Å². The van der Waals surface area contributed by atoms with Crippen LogP contribution in [0.3, 0.4) is 0 Å². The molecule has 0 spiro atoms. The Hall–Kier alpha value is -0.120. The third kappa shape index (κ3) is 3.06. The van der Waals surface area contributed by atoms with Crippen LogP contribution in [0.5, 0.6) is 0 Å². The van der Waals surface area contributed by atoms with Crippen molar-refractivity contribution in [2.24, 2.45) is 5.92 Å². The standard InChI is InChI=1S/C14H18BrClFN/c1-18-14(9-5-3-2-4-6-9)10-7-12(16)11(15)8-13(10)17/h7-9,14,18H,2-6H2,1H3. The summed E-state index contributed by atoms with van der Waals surface area (Å²) in [7, 11) is 1.90. The Kier molecular flexibility index (Phi) is 5.05. The summed E-state index contributed by atoms with van der Waals surface area (Å²) >= 11 is 9.34. The van der Waals surface area contributed by atoms with Gasteiger partial charge in [-0.3, -0.25) is 0 Å². The molecule has 18 heavy (non-hydrogen) atoms. The van der Waals surface area contributed by atoms with Crippen molar-refractivity contribution < 1.29 is 4.39 Å². The minimum atomic E-state index is -0.184. The molecule has 1 nitrogen and oxygen atoms in total. The van der Waals surface area contributed by atoms with Crippen LogP contribution in [0.4, 0.5) is 4.39 Å². The van der Waals surface area contributed by atoms with Crippen molar-refractivity contribution in [2.75, 3.05) is 7.05 Å². The van der Waals surface area contributed by atoms with Crippen LogP contribution < -0.4 is 5.32 Å². The van der Waals surface area contributed by atoms with Gasteiger partial charge in [0.05, 0.1) is 5.02 Å². The van der Waals surface area contributed by atoms with E-state index in [2.05, 4.69) is 21.2 Å². The van der Waals surface area contributed by atoms with Gasteiger partial charge in [0, 0.05) is 16.1 Å². The molecular formula is C14H18BrClFN. The van der Waals surface area contributed by atoms with Crippen LogP contribution in [-0.4, -0.2) is 7.05 Å². The zero-order chi connectivity index (χ0) is 13.1. The Morgan fingerprint density at radius 2 is 2.00 bits per heavy atom. The molecule has 0 saturated heterocycles. The summed E-state index contributed by atoms with van der Waals surface area (Å²) in [5, 5.41) is 3.83. The molecule has 1 aromatic carbocycles. The van der Waals surface area contributed by atoms with E-state index < -0.39 is 0 Å². The summed E-state index contributed by atoms with van der Waals surface area (Å²) in [6.07, 6.45) is 6.12. The van der Waals surface area contributed by atoms with Crippen molar-refractivity contribution in [3.8, 4) is 0 Å². The van der Waals surface area contributed by atoms with Gasteiger partial charge in [-0.2, -0.15) is 0 Å². The Labute approximate surface area is 121 Å². The fraction of sp³-hybridized carbons (Fsp3) is 0.571. The first-order valence-corrected chi connectivity index (χ1v) is 7.62. The molecule has 1 aliphatic carbocycles. The van der Waals surface area contributed by atoms with Crippen molar-refractivity contribution in [2.45, 2.75) is 38.1 Å². The Balaban J connectivity index is 2.28. The molecule has 2 rings (SSSR count). The first kappa shape index (κ1) is 14.3. The molecule has 1 unspecified atom stereocenters. The van der Waals surface area contributed by atoms with Crippen LogP contribution in [0.2, 0.25) is 5.02 Å². The second-order valence-corrected chi connectivity index (χ2v) is 6.21. The van der Waals surface area contributed by atoms with Gasteiger partial charge in [0.1, 0.15) is 5.82 Å². The highest BCUT2D eigenvalue weighted by atomic mass is 79.9. The Morgan fingerprint density at radius 1 is 1.33 bits per heavy atom. The lowest BCUT2D eigenvalue weighted by molar-refractivity contribution is 0.277. The summed E-state index contributed by atoms with van der Waals surface area (Å²) in [5.41, 5.74) is 0.692. The van der Waals surface area contributed by atoms with Gasteiger partial charge < -0.3 is 5.32 Å². The lowest BCUT2D eigenvalue weighted by Crippen LogP contribution is -2.27. The van der Waals surface area contributed by atoms with E-state index in [9.17, 15) is 4.39 Å². The Morgan fingerprint density at radius 3 is 2.61 bits per heavy atom. The van der Waals surface area contributed by atoms with Gasteiger partial charge in [0.25, 0.3) is 0 Å². The van der Waals surface area contributed by atoms with Gasteiger partial charge in [-0.05, 0) is 53.9 Å². The molecule has 1 fully saturated rings. The fourth-order valence-corrected chi connectivity index (χ4v) is 3.38. The summed E-state index contributed by atoms with van der Waals surface area (Å²) in [5.74, 6) is 0.326. The van der Waals surface area contributed by atoms with E-state index in [-0.39, 0.29) is 11.9 Å². The first-order valence-electron chi connectivity index (χ1n) is 6.45. The van der Waals surface area contributed by atoms with Gasteiger partial charge in [-0.15, -0.1) is 0 Å². The molecular weight excluding hydrogens is 317 g/mol. The van der Waals surface area contributed by atoms with Gasteiger partial charge in [0.15, 0.2) is 0 Å². The molecule has 1 atom stereocenters. The minimum absolute atomic E-state index is 0.0656. The van der Waals surface area contributed by atoms with E-state index >= 15 is 0 Å². The van der Waals surface area contributed by atoms with E-state index in [1.807, 2.05) is 7.05 Å². The molecule has 0 bridgehead atoms. The number of halogens is 3. The maximum absolute atomic E-state index is 14.1. The largest absolute Gasteiger partial charge is 0.313 e. The van der Waals surface area contributed by atoms with E-state index in [0.29, 0.717) is 21.0 Å². The van der Waals surface area contributed by atoms with E-state index in [0.717, 1.165) is 0 Å². The number of hydrogen-bond donors (Lipinski definition) is 1. The fourth-order valence-electron chi connectivity index (χ4n) is 2.89. The quantitative estimate of drug-likeness (QED) is 0.760. The minimum Gasteiger partial charge on any atom is -0.313 e. The van der Waals surface area contributed by atoms with Crippen molar-refractivity contribution in [1.29, 1.82) is 0 Å². The Bertz CT molecular complexity index is 419. The van der Waals surface area contributed by atoms with Gasteiger partial charge in [0.2, 0.25) is 0 Å². The molecule has 0 aliphatic heterocycles. The van der Waals surface area contributed by atoms with Gasteiger partial charge >= 0.3 is 0 Å². The molecule has 0 amide bonds. The molecule has 1 aromatic rings. The molecule has 0 heterocycles. The lowest BCUT2D eigenvalue weighted by Gasteiger charge is -2.30. The average molecular weight is 335 g/mol. The third-order valence-corrected chi connectivity index (χ3v) is 5.00. The highest BCUT2D eigenvalue weighted by Crippen LogP contribution is 2.37. The predicted octanol–water partition coefficient (Wildman–Crippen LogP) is 5.08. The maximum atomic E-state index is 14.1. The molecule has 1 aliphatic rings. The number of benzene rings is 1. The van der Waals surface area contributed by atoms with Crippen LogP contribution in [0.15, 0.2) is 16.6 Å². The normalized spacial score (nSPS) is 18.9. The van der Waals surface area contributed by atoms with Crippen LogP contribution in [0.25, 0.3) is 0 Å². The molecule has 4 heteroatoms. The molecule has 1 saturated carbocycles. The first-order chi connectivity index (χ1) is 8.63. The summed E-state index contributed by atoms with van der Waals surface area (Å²) in [4.78, 5) is 0. The second kappa shape index (κ2) is 6.36. The number of rotatable bonds is 3. The van der Waals surface area contributed by atoms with Crippen molar-refractivity contribution >= 4 is 27.5 Å². The SMILES string of the molecule is CNC(c1cc(Cl)c(Br)cc1F)C1CCCCC1. The summed E-state index contributed by atoms with van der Waals surface area (Å²) in [6, 6.07) is 3.28. The van der Waals surface area contributed by atoms with Crippen LogP contribution in [0, 0.1) is 11.7 Å². The number of nitrogens with one attached hydrogen (secondary N) is 1. The molecule has 100 valence electrons. The van der Waals surface area contributed by atoms with E-state index in [4.69, 9.17) is 11.6 Å². The highest BCUT2D eigenvalue weighted by molar-refractivity contribution is 9.10. The molecule has 0 radical (unpaired) electrons. The van der Waals surface area contributed by atoms with Gasteiger partial charge in [-0.25, -0.2) is 4.39 Å². The monoisotopic (exact) mass is 333 g/mol. The van der Waals surface area contributed by atoms with Crippen molar-refractivity contribution in [3.05, 3.63) is 33.0 Å². The maximum Gasteiger partial charge on any atom is 0.129 e. The second-order valence-electron chi connectivity index (χ2n) is 4.95. The van der Waals surface area contributed by atoms with Crippen LogP contribution in [-0.2, 0) is 0 Å². The van der Waals surface area contributed by atoms with Gasteiger partial charge in [-0.1, -0.05) is 30.9 Å². The predicted molar refractivity (Wildman–Crippen MR) is 77.5 cm³/mol. The summed E-state index contributed by atoms with van der Waals surface area (Å²) < 4.78 is 14.7. The third-order valence-electron chi connectivity index (χ3n) is 3.81. The van der Waals surface area contributed by atoms with Crippen LogP contribution >= 0.6 is 27.5 Å². The summed E-state index contributed by atoms with van der Waals surface area (Å²) in [6.45, 7) is 0. The molecule has 0 aromatic heterocycles. The smallest absolute Gasteiger partial charge is 0.129 e. The topological polar surface area (TPSA) is 12.0 Å². The average Bonchev–Trinajstić information content (AvgIpc) is 2.38. The highest BCUT2D eigenvalue weighted by Gasteiger charge is 2.26. The van der Waals surface area contributed by atoms with Crippen LogP contribution in [0.1, 0.15) is 43.7 Å². The van der Waals surface area contributed by atoms with E-state index in [1.54, 1.807) is 6.07 Å². The zero-order valence-corrected chi connectivity index (χ0v) is 12.8. The van der Waals surface area contributed by atoms with Crippen molar-refractivity contribution in [1.82, 2.24) is 5.32 Å².